The number of carbonyl (C=O) groups is 1. The van der Waals surface area contributed by atoms with Crippen LogP contribution >= 0.6 is 0 Å². The van der Waals surface area contributed by atoms with E-state index >= 15 is 4.39 Å². The Bertz CT molecular complexity index is 1690. The molecular formula is C36H42FN5O3. The highest BCUT2D eigenvalue weighted by Gasteiger charge is 2.20. The molecule has 8 nitrogen and oxygen atoms in total. The maximum absolute atomic E-state index is 15.1. The van der Waals surface area contributed by atoms with Crippen LogP contribution in [0, 0.1) is 46.4 Å². The Labute approximate surface area is 265 Å². The topological polar surface area (TPSA) is 79.8 Å². The van der Waals surface area contributed by atoms with Crippen molar-refractivity contribution in [2.24, 2.45) is 5.92 Å². The molecule has 2 heterocycles. The van der Waals surface area contributed by atoms with Crippen LogP contribution in [0.4, 0.5) is 26.5 Å². The first-order valence-electron chi connectivity index (χ1n) is 15.3. The van der Waals surface area contributed by atoms with Gasteiger partial charge in [-0.05, 0) is 113 Å². The van der Waals surface area contributed by atoms with Crippen LogP contribution in [0.2, 0.25) is 0 Å². The van der Waals surface area contributed by atoms with Crippen LogP contribution in [-0.2, 0) is 0 Å². The number of benzene rings is 3. The molecule has 0 radical (unpaired) electrons. The lowest BCUT2D eigenvalue weighted by Gasteiger charge is -2.29. The van der Waals surface area contributed by atoms with Crippen LogP contribution in [0.25, 0.3) is 11.3 Å². The number of amides is 1. The number of hydrogen-bond acceptors (Lipinski definition) is 7. The van der Waals surface area contributed by atoms with Crippen molar-refractivity contribution in [1.82, 2.24) is 14.9 Å². The summed E-state index contributed by atoms with van der Waals surface area (Å²) in [6.07, 6.45) is 1.60. The number of hydrogen-bond donors (Lipinski definition) is 1. The lowest BCUT2D eigenvalue weighted by Crippen LogP contribution is -2.34. The molecule has 9 heteroatoms. The Morgan fingerprint density at radius 3 is 2.47 bits per heavy atom. The quantitative estimate of drug-likeness (QED) is 0.217. The summed E-state index contributed by atoms with van der Waals surface area (Å²) in [5, 5.41) is 3.10. The maximum Gasteiger partial charge on any atom is 0.420 e. The van der Waals surface area contributed by atoms with E-state index in [-0.39, 0.29) is 17.6 Å². The Hall–Kier alpha value is -4.50. The summed E-state index contributed by atoms with van der Waals surface area (Å²) < 4.78 is 26.8. The highest BCUT2D eigenvalue weighted by molar-refractivity contribution is 5.88. The van der Waals surface area contributed by atoms with Crippen molar-refractivity contribution < 1.29 is 18.7 Å². The van der Waals surface area contributed by atoms with E-state index in [1.165, 1.54) is 16.5 Å². The number of aryl methyl sites for hydroxylation is 3. The van der Waals surface area contributed by atoms with Crippen LogP contribution in [0.1, 0.15) is 40.7 Å². The van der Waals surface area contributed by atoms with E-state index in [2.05, 4.69) is 36.1 Å². The minimum absolute atomic E-state index is 0.0687. The van der Waals surface area contributed by atoms with Crippen molar-refractivity contribution in [2.75, 3.05) is 44.0 Å². The molecule has 45 heavy (non-hydrogen) atoms. The van der Waals surface area contributed by atoms with Crippen LogP contribution in [0.5, 0.6) is 11.6 Å². The molecule has 1 aliphatic rings. The van der Waals surface area contributed by atoms with Gasteiger partial charge in [0, 0.05) is 48.6 Å². The fraction of sp³-hybridized carbons (Fsp3) is 0.361. The standard InChI is InChI=1S/C36H42FN5O3/c1-22-15-23(2)17-29(16-22)42(7)36(43)45-34-19-32(30-12-10-24(3)25(4)26(30)5)39-35(40-34)38-28-11-13-33(31(37)18-28)44-21-27-9-8-14-41(6)20-27/h10-13,15-19,27H,8-9,14,20-21H2,1-7H3,(H,38,39,40). The monoisotopic (exact) mass is 611 g/mol. The van der Waals surface area contributed by atoms with E-state index < -0.39 is 11.9 Å². The van der Waals surface area contributed by atoms with Gasteiger partial charge >= 0.3 is 6.09 Å². The minimum atomic E-state index is -0.593. The summed E-state index contributed by atoms with van der Waals surface area (Å²) in [6, 6.07) is 16.2. The first-order valence-corrected chi connectivity index (χ1v) is 15.3. The van der Waals surface area contributed by atoms with E-state index in [9.17, 15) is 4.79 Å². The van der Waals surface area contributed by atoms with E-state index in [4.69, 9.17) is 14.5 Å². The van der Waals surface area contributed by atoms with Gasteiger partial charge in [0.25, 0.3) is 0 Å². The van der Waals surface area contributed by atoms with Crippen LogP contribution in [0.3, 0.4) is 0 Å². The Kier molecular flexibility index (Phi) is 9.68. The molecule has 1 saturated heterocycles. The zero-order chi connectivity index (χ0) is 32.2. The molecule has 0 spiro atoms. The fourth-order valence-corrected chi connectivity index (χ4v) is 5.75. The van der Waals surface area contributed by atoms with E-state index in [1.807, 2.05) is 51.1 Å². The normalized spacial score (nSPS) is 15.1. The van der Waals surface area contributed by atoms with Crippen molar-refractivity contribution in [2.45, 2.75) is 47.5 Å². The second kappa shape index (κ2) is 13.6. The maximum atomic E-state index is 15.1. The molecule has 5 rings (SSSR count). The first kappa shape index (κ1) is 31.9. The van der Waals surface area contributed by atoms with Gasteiger partial charge in [0.1, 0.15) is 0 Å². The summed E-state index contributed by atoms with van der Waals surface area (Å²) in [6.45, 7) is 12.6. The SMILES string of the molecule is Cc1cc(C)cc(N(C)C(=O)Oc2cc(-c3ccc(C)c(C)c3C)nc(Nc3ccc(OCC4CCCN(C)C4)c(F)c3)n2)c1. The Balaban J connectivity index is 1.40. The van der Waals surface area contributed by atoms with Gasteiger partial charge in [-0.25, -0.2) is 14.2 Å². The van der Waals surface area contributed by atoms with Crippen molar-refractivity contribution in [3.63, 3.8) is 0 Å². The number of ether oxygens (including phenoxy) is 2. The minimum Gasteiger partial charge on any atom is -0.490 e. The van der Waals surface area contributed by atoms with Crippen molar-refractivity contribution in [1.29, 1.82) is 0 Å². The van der Waals surface area contributed by atoms with E-state index in [1.54, 1.807) is 25.2 Å². The lowest BCUT2D eigenvalue weighted by molar-refractivity contribution is 0.147. The number of rotatable bonds is 8. The van der Waals surface area contributed by atoms with Gasteiger partial charge in [0.2, 0.25) is 11.8 Å². The largest absolute Gasteiger partial charge is 0.490 e. The molecule has 0 bridgehead atoms. The number of piperidine rings is 1. The lowest BCUT2D eigenvalue weighted by atomic mass is 9.97. The summed E-state index contributed by atoms with van der Waals surface area (Å²) in [4.78, 5) is 26.2. The predicted molar refractivity (Wildman–Crippen MR) is 177 cm³/mol. The van der Waals surface area contributed by atoms with Crippen LogP contribution < -0.4 is 19.7 Å². The molecule has 1 N–H and O–H groups in total. The number of aromatic nitrogens is 2. The average molecular weight is 612 g/mol. The zero-order valence-corrected chi connectivity index (χ0v) is 27.2. The second-order valence-corrected chi connectivity index (χ2v) is 12.2. The summed E-state index contributed by atoms with van der Waals surface area (Å²) in [5.41, 5.74) is 8.05. The highest BCUT2D eigenvalue weighted by atomic mass is 19.1. The molecule has 1 amide bonds. The molecule has 236 valence electrons. The number of halogens is 1. The van der Waals surface area contributed by atoms with Gasteiger partial charge < -0.3 is 19.7 Å². The molecule has 1 aliphatic heterocycles. The molecule has 3 aromatic carbocycles. The highest BCUT2D eigenvalue weighted by Crippen LogP contribution is 2.31. The second-order valence-electron chi connectivity index (χ2n) is 12.2. The fourth-order valence-electron chi connectivity index (χ4n) is 5.75. The van der Waals surface area contributed by atoms with E-state index in [0.29, 0.717) is 29.6 Å². The number of likely N-dealkylation sites (tertiary alicyclic amines) is 1. The van der Waals surface area contributed by atoms with Crippen molar-refractivity contribution >= 4 is 23.4 Å². The van der Waals surface area contributed by atoms with Gasteiger partial charge in [-0.1, -0.05) is 18.2 Å². The van der Waals surface area contributed by atoms with Crippen LogP contribution in [-0.4, -0.2) is 54.8 Å². The van der Waals surface area contributed by atoms with Gasteiger partial charge in [-0.2, -0.15) is 4.98 Å². The molecular weight excluding hydrogens is 569 g/mol. The number of nitrogens with zero attached hydrogens (tertiary/aromatic N) is 4. The van der Waals surface area contributed by atoms with Gasteiger partial charge in [0.05, 0.1) is 12.3 Å². The third-order valence-electron chi connectivity index (χ3n) is 8.48. The molecule has 4 aromatic rings. The number of anilines is 3. The smallest absolute Gasteiger partial charge is 0.420 e. The number of carbonyl (C=O) groups excluding carboxylic acids is 1. The van der Waals surface area contributed by atoms with Crippen LogP contribution in [0.15, 0.2) is 54.6 Å². The average Bonchev–Trinajstić information content (AvgIpc) is 2.98. The molecule has 1 fully saturated rings. The van der Waals surface area contributed by atoms with Gasteiger partial charge in [-0.3, -0.25) is 4.90 Å². The molecule has 0 aliphatic carbocycles. The van der Waals surface area contributed by atoms with Crippen molar-refractivity contribution in [3.8, 4) is 22.9 Å². The van der Waals surface area contributed by atoms with Gasteiger partial charge in [-0.15, -0.1) is 0 Å². The molecule has 0 saturated carbocycles. The molecule has 1 atom stereocenters. The third-order valence-corrected chi connectivity index (χ3v) is 8.48. The summed E-state index contributed by atoms with van der Waals surface area (Å²) in [7, 11) is 3.76. The molecule has 1 aromatic heterocycles. The predicted octanol–water partition coefficient (Wildman–Crippen LogP) is 7.92. The van der Waals surface area contributed by atoms with Gasteiger partial charge in [0.15, 0.2) is 11.6 Å². The summed E-state index contributed by atoms with van der Waals surface area (Å²) >= 11 is 0. The first-order chi connectivity index (χ1) is 21.5. The summed E-state index contributed by atoms with van der Waals surface area (Å²) in [5.74, 6) is 0.339. The molecule has 1 unspecified atom stereocenters. The number of nitrogens with one attached hydrogen (secondary N) is 1. The Morgan fingerprint density at radius 1 is 1.00 bits per heavy atom. The zero-order valence-electron chi connectivity index (χ0n) is 27.2. The van der Waals surface area contributed by atoms with E-state index in [0.717, 1.165) is 53.7 Å². The van der Waals surface area contributed by atoms with Crippen molar-refractivity contribution in [3.05, 3.63) is 88.2 Å². The third kappa shape index (κ3) is 7.78. The Morgan fingerprint density at radius 2 is 1.76 bits per heavy atom.